The Morgan fingerprint density at radius 1 is 0.909 bits per heavy atom. The number of nitrogens with zero attached hydrogens (tertiary/aromatic N) is 2. The second-order valence-corrected chi connectivity index (χ2v) is 10.2. The Labute approximate surface area is 138 Å². The van der Waals surface area contributed by atoms with E-state index < -0.39 is 0 Å². The number of quaternary nitrogens is 1. The molecule has 4 aliphatic rings. The molecular weight excluding hydrogens is 268 g/mol. The van der Waals surface area contributed by atoms with Crippen molar-refractivity contribution in [1.82, 2.24) is 4.90 Å². The first kappa shape index (κ1) is 16.8. The van der Waals surface area contributed by atoms with E-state index >= 15 is 0 Å². The fraction of sp³-hybridized carbons (Fsp3) is 1.00. The van der Waals surface area contributed by atoms with Crippen LogP contribution in [0.25, 0.3) is 0 Å². The summed E-state index contributed by atoms with van der Waals surface area (Å²) in [6, 6.07) is 0. The van der Waals surface area contributed by atoms with Gasteiger partial charge in [-0.3, -0.25) is 0 Å². The highest BCUT2D eigenvalue weighted by Crippen LogP contribution is 2.59. The predicted octanol–water partition coefficient (Wildman–Crippen LogP) is 3.72. The highest BCUT2D eigenvalue weighted by Gasteiger charge is 2.61. The molecule has 0 aromatic heterocycles. The van der Waals surface area contributed by atoms with Crippen molar-refractivity contribution in [2.45, 2.75) is 52.5 Å². The van der Waals surface area contributed by atoms with Crippen LogP contribution >= 0.6 is 0 Å². The van der Waals surface area contributed by atoms with E-state index in [2.05, 4.69) is 53.7 Å². The van der Waals surface area contributed by atoms with E-state index in [9.17, 15) is 0 Å². The largest absolute Gasteiger partial charge is 0.321 e. The molecule has 0 N–H and O–H groups in total. The molecule has 0 radical (unpaired) electrons. The molecule has 0 aromatic rings. The maximum atomic E-state index is 2.54. The Balaban J connectivity index is 1.88. The summed E-state index contributed by atoms with van der Waals surface area (Å²) in [6.07, 6.45) is 4.45. The third-order valence-electron chi connectivity index (χ3n) is 8.03. The van der Waals surface area contributed by atoms with Crippen LogP contribution in [0.4, 0.5) is 0 Å². The maximum Gasteiger partial charge on any atom is 0.0905 e. The molecule has 22 heavy (non-hydrogen) atoms. The fourth-order valence-corrected chi connectivity index (χ4v) is 6.54. The van der Waals surface area contributed by atoms with E-state index in [-0.39, 0.29) is 0 Å². The van der Waals surface area contributed by atoms with Crippen molar-refractivity contribution in [2.24, 2.45) is 35.5 Å². The molecule has 0 amide bonds. The molecule has 3 saturated carbocycles. The molecule has 3 aliphatic carbocycles. The van der Waals surface area contributed by atoms with Crippen LogP contribution in [0.3, 0.4) is 0 Å². The molecule has 1 heterocycles. The van der Waals surface area contributed by atoms with Gasteiger partial charge in [-0.25, -0.2) is 0 Å². The number of likely N-dealkylation sites (tertiary alicyclic amines) is 1. The van der Waals surface area contributed by atoms with Crippen molar-refractivity contribution in [3.8, 4) is 0 Å². The molecule has 4 rings (SSSR count). The third-order valence-corrected chi connectivity index (χ3v) is 8.03. The van der Waals surface area contributed by atoms with Crippen molar-refractivity contribution in [2.75, 3.05) is 40.8 Å². The van der Waals surface area contributed by atoms with Crippen LogP contribution in [0.5, 0.6) is 0 Å². The summed E-state index contributed by atoms with van der Waals surface area (Å²) in [6.45, 7) is 14.0. The minimum atomic E-state index is 0.398. The molecule has 1 aliphatic heterocycles. The number of fused-ring (bicyclic) bond motifs is 2. The standard InChI is InChI=1S/C20H39N2/c1-8-14-15-9-10-16(17(14)11-21(5)6)19-13-22(7,12-18(15)19)20(2,3)4/h14-19H,8-13H2,1-7H3/q+1. The molecule has 7 unspecified atom stereocenters. The number of hydrogen-bond donors (Lipinski definition) is 0. The van der Waals surface area contributed by atoms with E-state index in [1.165, 1.54) is 43.4 Å². The Morgan fingerprint density at radius 2 is 1.41 bits per heavy atom. The van der Waals surface area contributed by atoms with Gasteiger partial charge in [-0.1, -0.05) is 13.3 Å². The van der Waals surface area contributed by atoms with Gasteiger partial charge in [0.05, 0.1) is 25.7 Å². The molecule has 2 nitrogen and oxygen atoms in total. The van der Waals surface area contributed by atoms with Crippen molar-refractivity contribution >= 4 is 0 Å². The van der Waals surface area contributed by atoms with Gasteiger partial charge >= 0.3 is 0 Å². The summed E-state index contributed by atoms with van der Waals surface area (Å²) < 4.78 is 1.31. The zero-order chi connectivity index (χ0) is 16.3. The summed E-state index contributed by atoms with van der Waals surface area (Å²) in [4.78, 5) is 2.45. The average molecular weight is 308 g/mol. The summed E-state index contributed by atoms with van der Waals surface area (Å²) in [5.41, 5.74) is 0.398. The van der Waals surface area contributed by atoms with Crippen LogP contribution in [-0.2, 0) is 0 Å². The van der Waals surface area contributed by atoms with Gasteiger partial charge in [-0.05, 0) is 71.4 Å². The van der Waals surface area contributed by atoms with E-state index in [1.54, 1.807) is 0 Å². The van der Waals surface area contributed by atoms with Gasteiger partial charge < -0.3 is 9.38 Å². The first-order valence-corrected chi connectivity index (χ1v) is 9.67. The summed E-state index contributed by atoms with van der Waals surface area (Å²) >= 11 is 0. The van der Waals surface area contributed by atoms with Gasteiger partial charge in [0, 0.05) is 18.4 Å². The van der Waals surface area contributed by atoms with Gasteiger partial charge in [0.2, 0.25) is 0 Å². The quantitative estimate of drug-likeness (QED) is 0.718. The molecular formula is C20H39N2+. The van der Waals surface area contributed by atoms with Gasteiger partial charge in [-0.15, -0.1) is 0 Å². The van der Waals surface area contributed by atoms with Gasteiger partial charge in [0.25, 0.3) is 0 Å². The normalized spacial score (nSPS) is 48.0. The summed E-state index contributed by atoms with van der Waals surface area (Å²) in [5.74, 6) is 6.01. The maximum absolute atomic E-state index is 2.54. The molecule has 4 fully saturated rings. The van der Waals surface area contributed by atoms with Crippen molar-refractivity contribution in [3.63, 3.8) is 0 Å². The van der Waals surface area contributed by atoms with Gasteiger partial charge in [-0.2, -0.15) is 0 Å². The molecule has 1 saturated heterocycles. The summed E-state index contributed by atoms with van der Waals surface area (Å²) in [5, 5.41) is 0. The molecule has 0 spiro atoms. The third kappa shape index (κ3) is 2.45. The first-order chi connectivity index (χ1) is 10.2. The van der Waals surface area contributed by atoms with Crippen LogP contribution < -0.4 is 0 Å². The Hall–Kier alpha value is -0.0800. The zero-order valence-electron chi connectivity index (χ0n) is 16.1. The lowest BCUT2D eigenvalue weighted by molar-refractivity contribution is -0.945. The Morgan fingerprint density at radius 3 is 1.82 bits per heavy atom. The van der Waals surface area contributed by atoms with Crippen LogP contribution in [-0.4, -0.2) is 55.7 Å². The molecule has 0 aromatic carbocycles. The van der Waals surface area contributed by atoms with E-state index in [4.69, 9.17) is 0 Å². The molecule has 128 valence electrons. The number of hydrogen-bond acceptors (Lipinski definition) is 1. The predicted molar refractivity (Wildman–Crippen MR) is 94.7 cm³/mol. The monoisotopic (exact) mass is 307 g/mol. The zero-order valence-corrected chi connectivity index (χ0v) is 16.1. The lowest BCUT2D eigenvalue weighted by atomic mass is 9.50. The van der Waals surface area contributed by atoms with Gasteiger partial charge in [0.15, 0.2) is 0 Å². The SMILES string of the molecule is CCC1C2CCC(C1CN(C)C)C1C[N+](C)(C(C)(C)C)CC21. The Bertz CT molecular complexity index is 410. The highest BCUT2D eigenvalue weighted by atomic mass is 15.4. The Kier molecular flexibility index (Phi) is 4.18. The van der Waals surface area contributed by atoms with E-state index in [1.807, 2.05) is 0 Å². The topological polar surface area (TPSA) is 3.24 Å². The second-order valence-electron chi connectivity index (χ2n) is 10.2. The molecule has 7 atom stereocenters. The van der Waals surface area contributed by atoms with Crippen molar-refractivity contribution in [1.29, 1.82) is 0 Å². The minimum Gasteiger partial charge on any atom is -0.321 e. The lowest BCUT2D eigenvalue weighted by Crippen LogP contribution is -2.56. The van der Waals surface area contributed by atoms with Crippen molar-refractivity contribution < 1.29 is 4.48 Å². The first-order valence-electron chi connectivity index (χ1n) is 9.67. The molecule has 2 heteroatoms. The van der Waals surface area contributed by atoms with Crippen LogP contribution in [0, 0.1) is 35.5 Å². The second kappa shape index (κ2) is 5.48. The smallest absolute Gasteiger partial charge is 0.0905 e. The number of rotatable bonds is 3. The fourth-order valence-electron chi connectivity index (χ4n) is 6.54. The van der Waals surface area contributed by atoms with Crippen LogP contribution in [0.2, 0.25) is 0 Å². The lowest BCUT2D eigenvalue weighted by Gasteiger charge is -2.54. The van der Waals surface area contributed by atoms with Crippen LogP contribution in [0.1, 0.15) is 47.0 Å². The highest BCUT2D eigenvalue weighted by molar-refractivity contribution is 5.03. The average Bonchev–Trinajstić information content (AvgIpc) is 2.78. The van der Waals surface area contributed by atoms with Gasteiger partial charge in [0.1, 0.15) is 0 Å². The van der Waals surface area contributed by atoms with E-state index in [0.717, 1.165) is 35.5 Å². The molecule has 2 bridgehead atoms. The minimum absolute atomic E-state index is 0.398. The van der Waals surface area contributed by atoms with Crippen LogP contribution in [0.15, 0.2) is 0 Å². The van der Waals surface area contributed by atoms with Crippen molar-refractivity contribution in [3.05, 3.63) is 0 Å². The summed E-state index contributed by atoms with van der Waals surface area (Å²) in [7, 11) is 7.09. The van der Waals surface area contributed by atoms with E-state index in [0.29, 0.717) is 5.54 Å².